The zero-order valence-corrected chi connectivity index (χ0v) is 15.2. The number of rotatable bonds is 4. The van der Waals surface area contributed by atoms with Gasteiger partial charge in [0.1, 0.15) is 0 Å². The molecule has 138 valence electrons. The van der Waals surface area contributed by atoms with Crippen LogP contribution in [-0.2, 0) is 4.79 Å². The van der Waals surface area contributed by atoms with Crippen LogP contribution in [-0.4, -0.2) is 18.4 Å². The molecule has 27 heavy (non-hydrogen) atoms. The van der Waals surface area contributed by atoms with Gasteiger partial charge in [0.05, 0.1) is 0 Å². The molecule has 0 aliphatic carbocycles. The summed E-state index contributed by atoms with van der Waals surface area (Å²) in [6, 6.07) is 25.4. The van der Waals surface area contributed by atoms with Crippen molar-refractivity contribution in [2.75, 3.05) is 5.32 Å². The summed E-state index contributed by atoms with van der Waals surface area (Å²) in [5.74, 6) is -2.00. The zero-order valence-electron chi connectivity index (χ0n) is 14.3. The fraction of sp³-hybridized carbons (Fsp3) is 0.0476. The van der Waals surface area contributed by atoms with E-state index in [2.05, 4.69) is 6.30 Å². The summed E-state index contributed by atoms with van der Waals surface area (Å²) >= 11 is 0. The molecule has 0 aliphatic heterocycles. The fourth-order valence-corrected chi connectivity index (χ4v) is 6.00. The van der Waals surface area contributed by atoms with Crippen molar-refractivity contribution in [3.05, 3.63) is 84.9 Å². The van der Waals surface area contributed by atoms with Crippen molar-refractivity contribution in [3.63, 3.8) is 0 Å². The molecule has 0 spiro atoms. The second-order valence-corrected chi connectivity index (χ2v) is 9.08. The molecule has 0 unspecified atom stereocenters. The molecule has 0 fully saturated rings. The lowest BCUT2D eigenvalue weighted by molar-refractivity contribution is -0.167. The summed E-state index contributed by atoms with van der Waals surface area (Å²) < 4.78 is 38.4. The predicted molar refractivity (Wildman–Crippen MR) is 107 cm³/mol. The van der Waals surface area contributed by atoms with Crippen molar-refractivity contribution < 1.29 is 18.0 Å². The predicted octanol–water partition coefficient (Wildman–Crippen LogP) is 3.91. The lowest BCUT2D eigenvalue weighted by Gasteiger charge is -2.28. The van der Waals surface area contributed by atoms with Gasteiger partial charge < -0.3 is 5.32 Å². The van der Waals surface area contributed by atoms with Gasteiger partial charge >= 0.3 is 12.1 Å². The maximum Gasteiger partial charge on any atom is 0.471 e. The number of benzene rings is 3. The first-order valence-electron chi connectivity index (χ1n) is 8.16. The topological polar surface area (TPSA) is 29.1 Å². The van der Waals surface area contributed by atoms with Crippen LogP contribution in [0, 0.1) is 0 Å². The van der Waals surface area contributed by atoms with Gasteiger partial charge in [0, 0.05) is 11.0 Å². The number of carbonyl (C=O) groups excluding carboxylic acids is 1. The smallest absolute Gasteiger partial charge is 0.318 e. The fourth-order valence-electron chi connectivity index (χ4n) is 2.90. The molecule has 6 heteroatoms. The highest BCUT2D eigenvalue weighted by Crippen LogP contribution is 2.44. The third-order valence-electron chi connectivity index (χ3n) is 4.21. The van der Waals surface area contributed by atoms with E-state index in [4.69, 9.17) is 0 Å². The minimum Gasteiger partial charge on any atom is -0.318 e. The highest BCUT2D eigenvalue weighted by Gasteiger charge is 2.39. The number of hydrogen-bond acceptors (Lipinski definition) is 1. The molecular formula is C21H17F3NOP. The van der Waals surface area contributed by atoms with Crippen LogP contribution >= 0.6 is 6.89 Å². The van der Waals surface area contributed by atoms with Gasteiger partial charge in [0.2, 0.25) is 0 Å². The lowest BCUT2D eigenvalue weighted by Crippen LogP contribution is -2.34. The van der Waals surface area contributed by atoms with E-state index in [-0.39, 0.29) is 5.69 Å². The maximum atomic E-state index is 12.8. The molecule has 0 radical (unpaired) electrons. The molecular weight excluding hydrogens is 370 g/mol. The van der Waals surface area contributed by atoms with E-state index in [9.17, 15) is 18.0 Å². The molecule has 0 heterocycles. The average Bonchev–Trinajstić information content (AvgIpc) is 2.68. The van der Waals surface area contributed by atoms with Crippen molar-refractivity contribution in [2.24, 2.45) is 0 Å². The van der Waals surface area contributed by atoms with Gasteiger partial charge in [0.15, 0.2) is 0 Å². The maximum absolute atomic E-state index is 12.8. The van der Waals surface area contributed by atoms with E-state index in [1.807, 2.05) is 66.0 Å². The molecule has 1 N–H and O–H groups in total. The molecule has 0 saturated heterocycles. The van der Waals surface area contributed by atoms with Gasteiger partial charge in [-0.3, -0.25) is 4.79 Å². The van der Waals surface area contributed by atoms with E-state index in [1.54, 1.807) is 18.2 Å². The highest BCUT2D eigenvalue weighted by molar-refractivity contribution is 7.93. The van der Waals surface area contributed by atoms with Crippen LogP contribution in [0.1, 0.15) is 0 Å². The van der Waals surface area contributed by atoms with Crippen molar-refractivity contribution in [3.8, 4) is 0 Å². The lowest BCUT2D eigenvalue weighted by atomic mass is 10.3. The molecule has 0 saturated carbocycles. The molecule has 0 aliphatic rings. The molecule has 3 rings (SSSR count). The van der Waals surface area contributed by atoms with E-state index >= 15 is 0 Å². The SMILES string of the molecule is C=P(c1ccccc1)(c1ccccc1)c1ccccc1NC(=O)C(F)(F)F. The summed E-state index contributed by atoms with van der Waals surface area (Å²) in [7, 11) is 0. The van der Waals surface area contributed by atoms with Gasteiger partial charge in [-0.2, -0.15) is 13.2 Å². The van der Waals surface area contributed by atoms with E-state index < -0.39 is 19.0 Å². The minimum atomic E-state index is -4.96. The van der Waals surface area contributed by atoms with Crippen LogP contribution in [0.3, 0.4) is 0 Å². The van der Waals surface area contributed by atoms with Crippen molar-refractivity contribution in [2.45, 2.75) is 6.18 Å². The number of para-hydroxylation sites is 1. The van der Waals surface area contributed by atoms with E-state index in [0.717, 1.165) is 10.6 Å². The molecule has 1 amide bonds. The van der Waals surface area contributed by atoms with Gasteiger partial charge in [-0.05, 0) is 23.6 Å². The third-order valence-corrected chi connectivity index (χ3v) is 7.79. The number of alkyl halides is 3. The van der Waals surface area contributed by atoms with Crippen LogP contribution in [0.2, 0.25) is 0 Å². The average molecular weight is 387 g/mol. The molecule has 2 nitrogen and oxygen atoms in total. The van der Waals surface area contributed by atoms with Crippen molar-refractivity contribution >= 4 is 40.7 Å². The standard InChI is InChI=1S/C21H17F3NOP/c1-27(16-10-4-2-5-11-16,17-12-6-3-7-13-17)19-15-9-8-14-18(19)25-20(26)21(22,23)24/h2-15H,1H2,(H,25,26). The van der Waals surface area contributed by atoms with E-state index in [1.165, 1.54) is 6.07 Å². The number of nitrogens with one attached hydrogen (secondary N) is 1. The Labute approximate surface area is 155 Å². The quantitative estimate of drug-likeness (QED) is 0.676. The van der Waals surface area contributed by atoms with Gasteiger partial charge in [-0.1, -0.05) is 85.2 Å². The van der Waals surface area contributed by atoms with Crippen LogP contribution in [0.25, 0.3) is 0 Å². The molecule has 0 atom stereocenters. The molecule has 3 aromatic carbocycles. The number of anilines is 1. The normalized spacial score (nSPS) is 11.8. The Morgan fingerprint density at radius 1 is 0.778 bits per heavy atom. The molecule has 3 aromatic rings. The van der Waals surface area contributed by atoms with Crippen LogP contribution < -0.4 is 21.2 Å². The first-order chi connectivity index (χ1) is 12.8. The first-order valence-corrected chi connectivity index (χ1v) is 10.1. The Hall–Kier alpha value is -2.78. The summed E-state index contributed by atoms with van der Waals surface area (Å²) in [4.78, 5) is 11.5. The van der Waals surface area contributed by atoms with Gasteiger partial charge in [-0.25, -0.2) is 0 Å². The third kappa shape index (κ3) is 3.83. The zero-order chi connectivity index (χ0) is 19.5. The number of amides is 1. The second-order valence-electron chi connectivity index (χ2n) is 5.95. The number of halogens is 3. The Bertz CT molecular complexity index is 942. The van der Waals surface area contributed by atoms with Crippen molar-refractivity contribution in [1.82, 2.24) is 0 Å². The summed E-state index contributed by atoms with van der Waals surface area (Å²) in [6.45, 7) is -2.50. The van der Waals surface area contributed by atoms with Crippen LogP contribution in [0.4, 0.5) is 18.9 Å². The summed E-state index contributed by atoms with van der Waals surface area (Å²) in [5, 5.41) is 4.42. The monoisotopic (exact) mass is 387 g/mol. The number of hydrogen-bond donors (Lipinski definition) is 1. The van der Waals surface area contributed by atoms with Crippen LogP contribution in [0.15, 0.2) is 84.9 Å². The Morgan fingerprint density at radius 3 is 1.70 bits per heavy atom. The van der Waals surface area contributed by atoms with Gasteiger partial charge in [0.25, 0.3) is 0 Å². The Morgan fingerprint density at radius 2 is 1.22 bits per heavy atom. The number of carbonyl (C=O) groups is 1. The summed E-state index contributed by atoms with van der Waals surface area (Å²) in [6.07, 6.45) is -0.474. The first kappa shape index (κ1) is 19.0. The van der Waals surface area contributed by atoms with Gasteiger partial charge in [-0.15, -0.1) is 0 Å². The summed E-state index contributed by atoms with van der Waals surface area (Å²) in [5.41, 5.74) is 0.121. The van der Waals surface area contributed by atoms with Crippen molar-refractivity contribution in [1.29, 1.82) is 0 Å². The molecule has 0 bridgehead atoms. The highest BCUT2D eigenvalue weighted by atomic mass is 31.2. The van der Waals surface area contributed by atoms with E-state index in [0.29, 0.717) is 5.30 Å². The Kier molecular flexibility index (Phi) is 5.24. The Balaban J connectivity index is 2.21. The second kappa shape index (κ2) is 7.45. The molecule has 0 aromatic heterocycles. The minimum absolute atomic E-state index is 0.121. The largest absolute Gasteiger partial charge is 0.471 e. The van der Waals surface area contributed by atoms with Crippen LogP contribution in [0.5, 0.6) is 0 Å².